The SMILES string of the molecule is NC(=O)Cc1cc(Oc2ccc3nc(Nc4ccccc4F)[nH]c3c2)ccn1. The Morgan fingerprint density at radius 1 is 1.14 bits per heavy atom. The van der Waals surface area contributed by atoms with Crippen molar-refractivity contribution in [2.75, 3.05) is 5.32 Å². The number of hydrogen-bond acceptors (Lipinski definition) is 5. The number of fused-ring (bicyclic) bond motifs is 1. The van der Waals surface area contributed by atoms with Gasteiger partial charge in [0.05, 0.1) is 28.8 Å². The zero-order chi connectivity index (χ0) is 19.5. The predicted molar refractivity (Wildman–Crippen MR) is 103 cm³/mol. The number of nitrogens with zero attached hydrogens (tertiary/aromatic N) is 2. The van der Waals surface area contributed by atoms with Crippen LogP contribution in [-0.2, 0) is 11.2 Å². The average molecular weight is 377 g/mol. The monoisotopic (exact) mass is 377 g/mol. The number of rotatable bonds is 6. The van der Waals surface area contributed by atoms with Gasteiger partial charge >= 0.3 is 0 Å². The highest BCUT2D eigenvalue weighted by atomic mass is 19.1. The van der Waals surface area contributed by atoms with Gasteiger partial charge in [0.15, 0.2) is 0 Å². The topological polar surface area (TPSA) is 106 Å². The minimum Gasteiger partial charge on any atom is -0.457 e. The quantitative estimate of drug-likeness (QED) is 0.475. The molecule has 4 rings (SSSR count). The number of nitrogens with two attached hydrogens (primary N) is 1. The minimum absolute atomic E-state index is 0.0435. The summed E-state index contributed by atoms with van der Waals surface area (Å²) in [4.78, 5) is 22.6. The highest BCUT2D eigenvalue weighted by Crippen LogP contribution is 2.27. The zero-order valence-corrected chi connectivity index (χ0v) is 14.6. The number of hydrogen-bond donors (Lipinski definition) is 3. The summed E-state index contributed by atoms with van der Waals surface area (Å²) >= 11 is 0. The molecule has 0 spiro atoms. The molecule has 0 unspecified atom stereocenters. The molecule has 4 aromatic rings. The smallest absolute Gasteiger partial charge is 0.223 e. The maximum Gasteiger partial charge on any atom is 0.223 e. The van der Waals surface area contributed by atoms with Gasteiger partial charge in [-0.05, 0) is 30.3 Å². The number of aromatic amines is 1. The number of H-pyrrole nitrogens is 1. The molecule has 1 amide bonds. The number of benzene rings is 2. The van der Waals surface area contributed by atoms with Crippen LogP contribution in [0.3, 0.4) is 0 Å². The van der Waals surface area contributed by atoms with Crippen molar-refractivity contribution in [1.29, 1.82) is 0 Å². The van der Waals surface area contributed by atoms with Crippen molar-refractivity contribution in [3.05, 3.63) is 72.3 Å². The summed E-state index contributed by atoms with van der Waals surface area (Å²) in [6.45, 7) is 0. The molecule has 0 aliphatic heterocycles. The first-order valence-corrected chi connectivity index (χ1v) is 8.49. The van der Waals surface area contributed by atoms with Crippen LogP contribution in [-0.4, -0.2) is 20.9 Å². The predicted octanol–water partition coefficient (Wildman–Crippen LogP) is 3.66. The summed E-state index contributed by atoms with van der Waals surface area (Å²) in [6, 6.07) is 15.0. The third-order valence-electron chi connectivity index (χ3n) is 3.96. The van der Waals surface area contributed by atoms with Crippen molar-refractivity contribution in [1.82, 2.24) is 15.0 Å². The van der Waals surface area contributed by atoms with Crippen LogP contribution in [0.2, 0.25) is 0 Å². The van der Waals surface area contributed by atoms with Crippen LogP contribution < -0.4 is 15.8 Å². The zero-order valence-electron chi connectivity index (χ0n) is 14.6. The van der Waals surface area contributed by atoms with Gasteiger partial charge in [0.1, 0.15) is 17.3 Å². The Labute approximate surface area is 159 Å². The maximum atomic E-state index is 13.8. The second-order valence-corrected chi connectivity index (χ2v) is 6.10. The van der Waals surface area contributed by atoms with E-state index in [2.05, 4.69) is 20.3 Å². The van der Waals surface area contributed by atoms with E-state index in [-0.39, 0.29) is 12.2 Å². The van der Waals surface area contributed by atoms with Crippen molar-refractivity contribution in [2.45, 2.75) is 6.42 Å². The molecule has 0 atom stereocenters. The van der Waals surface area contributed by atoms with Crippen molar-refractivity contribution in [3.8, 4) is 11.5 Å². The van der Waals surface area contributed by atoms with E-state index in [4.69, 9.17) is 10.5 Å². The van der Waals surface area contributed by atoms with E-state index in [9.17, 15) is 9.18 Å². The van der Waals surface area contributed by atoms with Gasteiger partial charge < -0.3 is 20.8 Å². The van der Waals surface area contributed by atoms with Crippen LogP contribution in [0.4, 0.5) is 16.0 Å². The third kappa shape index (κ3) is 3.90. The number of pyridine rings is 1. The van der Waals surface area contributed by atoms with E-state index in [0.29, 0.717) is 34.3 Å². The van der Waals surface area contributed by atoms with Gasteiger partial charge in [-0.2, -0.15) is 0 Å². The number of anilines is 2. The fourth-order valence-electron chi connectivity index (χ4n) is 2.73. The Kier molecular flexibility index (Phi) is 4.59. The Morgan fingerprint density at radius 2 is 1.96 bits per heavy atom. The molecule has 0 fully saturated rings. The average Bonchev–Trinajstić information content (AvgIpc) is 3.05. The van der Waals surface area contributed by atoms with Gasteiger partial charge in [-0.25, -0.2) is 9.37 Å². The van der Waals surface area contributed by atoms with E-state index in [1.807, 2.05) is 0 Å². The largest absolute Gasteiger partial charge is 0.457 e. The molecule has 0 bridgehead atoms. The number of primary amides is 1. The van der Waals surface area contributed by atoms with Gasteiger partial charge in [0, 0.05) is 18.3 Å². The van der Waals surface area contributed by atoms with Crippen molar-refractivity contribution in [2.24, 2.45) is 5.73 Å². The molecule has 0 radical (unpaired) electrons. The van der Waals surface area contributed by atoms with Gasteiger partial charge in [-0.3, -0.25) is 9.78 Å². The normalized spacial score (nSPS) is 10.8. The number of ether oxygens (including phenoxy) is 1. The van der Waals surface area contributed by atoms with E-state index >= 15 is 0 Å². The minimum atomic E-state index is -0.460. The van der Waals surface area contributed by atoms with Crippen LogP contribution >= 0.6 is 0 Å². The van der Waals surface area contributed by atoms with Crippen LogP contribution in [0.1, 0.15) is 5.69 Å². The summed E-state index contributed by atoms with van der Waals surface area (Å²) in [5, 5.41) is 2.92. The summed E-state index contributed by atoms with van der Waals surface area (Å²) in [6.07, 6.45) is 1.60. The third-order valence-corrected chi connectivity index (χ3v) is 3.96. The molecule has 2 heterocycles. The Bertz CT molecular complexity index is 1160. The molecule has 0 aliphatic carbocycles. The highest BCUT2D eigenvalue weighted by molar-refractivity contribution is 5.80. The van der Waals surface area contributed by atoms with Crippen molar-refractivity contribution in [3.63, 3.8) is 0 Å². The molecule has 0 saturated carbocycles. The van der Waals surface area contributed by atoms with Crippen LogP contribution in [0, 0.1) is 5.82 Å². The second kappa shape index (κ2) is 7.36. The number of aromatic nitrogens is 3. The molecule has 8 heteroatoms. The van der Waals surface area contributed by atoms with Gasteiger partial charge in [0.2, 0.25) is 11.9 Å². The molecule has 28 heavy (non-hydrogen) atoms. The number of halogens is 1. The van der Waals surface area contributed by atoms with E-state index in [0.717, 1.165) is 5.52 Å². The first-order chi connectivity index (χ1) is 13.6. The second-order valence-electron chi connectivity index (χ2n) is 6.10. The summed E-state index contributed by atoms with van der Waals surface area (Å²) in [5.74, 6) is 0.708. The Hall–Kier alpha value is -3.94. The molecule has 2 aromatic heterocycles. The maximum absolute atomic E-state index is 13.8. The van der Waals surface area contributed by atoms with Gasteiger partial charge in [0.25, 0.3) is 0 Å². The van der Waals surface area contributed by atoms with Crippen LogP contribution in [0.15, 0.2) is 60.8 Å². The van der Waals surface area contributed by atoms with E-state index in [1.54, 1.807) is 54.7 Å². The Morgan fingerprint density at radius 3 is 2.79 bits per heavy atom. The molecule has 0 saturated heterocycles. The van der Waals surface area contributed by atoms with E-state index in [1.165, 1.54) is 6.07 Å². The number of amides is 1. The van der Waals surface area contributed by atoms with Gasteiger partial charge in [-0.1, -0.05) is 12.1 Å². The molecule has 4 N–H and O–H groups in total. The molecular formula is C20H16FN5O2. The van der Waals surface area contributed by atoms with Crippen molar-refractivity contribution < 1.29 is 13.9 Å². The summed E-state index contributed by atoms with van der Waals surface area (Å²) in [7, 11) is 0. The van der Waals surface area contributed by atoms with E-state index < -0.39 is 5.91 Å². The fourth-order valence-corrected chi connectivity index (χ4v) is 2.73. The molecule has 140 valence electrons. The number of imidazole rings is 1. The van der Waals surface area contributed by atoms with Gasteiger partial charge in [-0.15, -0.1) is 0 Å². The first kappa shape index (κ1) is 17.5. The highest BCUT2D eigenvalue weighted by Gasteiger charge is 2.08. The molecule has 7 nitrogen and oxygen atoms in total. The Balaban J connectivity index is 1.55. The lowest BCUT2D eigenvalue weighted by Gasteiger charge is -2.06. The number of nitrogens with one attached hydrogen (secondary N) is 2. The number of carbonyl (C=O) groups excluding carboxylic acids is 1. The van der Waals surface area contributed by atoms with Crippen molar-refractivity contribution >= 4 is 28.6 Å². The van der Waals surface area contributed by atoms with Crippen LogP contribution in [0.5, 0.6) is 11.5 Å². The van der Waals surface area contributed by atoms with Crippen LogP contribution in [0.25, 0.3) is 11.0 Å². The summed E-state index contributed by atoms with van der Waals surface area (Å²) < 4.78 is 19.6. The molecule has 0 aliphatic rings. The first-order valence-electron chi connectivity index (χ1n) is 8.49. The lowest BCUT2D eigenvalue weighted by atomic mass is 10.2. The molecular weight excluding hydrogens is 361 g/mol. The number of carbonyl (C=O) groups is 1. The standard InChI is InChI=1S/C20H16FN5O2/c21-15-3-1-2-4-16(15)24-20-25-17-6-5-13(11-18(17)26-20)28-14-7-8-23-12(9-14)10-19(22)27/h1-9,11H,10H2,(H2,22,27)(H2,24,25,26). The fraction of sp³-hybridized carbons (Fsp3) is 0.0500. The molecule has 2 aromatic carbocycles. The lowest BCUT2D eigenvalue weighted by molar-refractivity contribution is -0.117. The number of para-hydroxylation sites is 1. The summed E-state index contributed by atoms with van der Waals surface area (Å²) in [5.41, 5.74) is 7.49. The lowest BCUT2D eigenvalue weighted by Crippen LogP contribution is -2.14.